The van der Waals surface area contributed by atoms with Gasteiger partial charge in [-0.1, -0.05) is 17.7 Å². The molecule has 0 saturated carbocycles. The van der Waals surface area contributed by atoms with Gasteiger partial charge in [-0.25, -0.2) is 15.1 Å². The first-order valence-corrected chi connectivity index (χ1v) is 5.43. The number of aromatic nitrogens is 1. The molecule has 96 valence electrons. The average molecular weight is 272 g/mol. The van der Waals surface area contributed by atoms with Crippen LogP contribution in [0.1, 0.15) is 5.56 Å². The fourth-order valence-electron chi connectivity index (χ4n) is 1.46. The molecule has 9 heteroatoms. The summed E-state index contributed by atoms with van der Waals surface area (Å²) >= 11 is 5.68. The number of nitrogens with zero attached hydrogens (tertiary/aromatic N) is 4. The Balaban J connectivity index is 2.10. The van der Waals surface area contributed by atoms with Gasteiger partial charge in [-0.15, -0.1) is 0 Å². The summed E-state index contributed by atoms with van der Waals surface area (Å²) in [6.07, 6.45) is 1.60. The molecule has 18 heavy (non-hydrogen) atoms. The summed E-state index contributed by atoms with van der Waals surface area (Å²) in [4.78, 5) is 15.9. The van der Waals surface area contributed by atoms with Crippen molar-refractivity contribution in [1.29, 1.82) is 0 Å². The Kier molecular flexibility index (Phi) is 3.90. The molecule has 2 rings (SSSR count). The van der Waals surface area contributed by atoms with Crippen molar-refractivity contribution in [3.05, 3.63) is 39.2 Å². The summed E-state index contributed by atoms with van der Waals surface area (Å²) < 4.78 is 5.15. The number of hydrazone groups is 1. The van der Waals surface area contributed by atoms with Crippen LogP contribution in [-0.4, -0.2) is 34.3 Å². The third kappa shape index (κ3) is 3.28. The lowest BCUT2D eigenvalue weighted by Gasteiger charge is -2.28. The Morgan fingerprint density at radius 3 is 3.17 bits per heavy atom. The topological polar surface area (TPSA) is 92.9 Å². The lowest BCUT2D eigenvalue weighted by atomic mass is 10.3. The Morgan fingerprint density at radius 2 is 2.50 bits per heavy atom. The number of rotatable bonds is 3. The van der Waals surface area contributed by atoms with Crippen LogP contribution in [0.2, 0.25) is 5.15 Å². The lowest BCUT2D eigenvalue weighted by Crippen LogP contribution is -2.48. The van der Waals surface area contributed by atoms with Crippen LogP contribution >= 0.6 is 11.6 Å². The van der Waals surface area contributed by atoms with Gasteiger partial charge >= 0.3 is 0 Å². The van der Waals surface area contributed by atoms with Crippen LogP contribution in [0.25, 0.3) is 0 Å². The van der Waals surface area contributed by atoms with Crippen molar-refractivity contribution in [2.45, 2.75) is 6.54 Å². The molecule has 0 aromatic carbocycles. The van der Waals surface area contributed by atoms with E-state index in [1.807, 2.05) is 0 Å². The first-order valence-electron chi connectivity index (χ1n) is 5.05. The third-order valence-corrected chi connectivity index (χ3v) is 2.44. The van der Waals surface area contributed by atoms with Gasteiger partial charge in [-0.3, -0.25) is 0 Å². The molecule has 0 aliphatic carbocycles. The zero-order valence-electron chi connectivity index (χ0n) is 9.24. The van der Waals surface area contributed by atoms with Crippen molar-refractivity contribution in [2.75, 3.05) is 13.5 Å². The minimum atomic E-state index is -0.749. The highest BCUT2D eigenvalue weighted by Crippen LogP contribution is 2.09. The van der Waals surface area contributed by atoms with Crippen LogP contribution < -0.4 is 5.32 Å². The van der Waals surface area contributed by atoms with Crippen LogP contribution in [0.4, 0.5) is 0 Å². The van der Waals surface area contributed by atoms with Gasteiger partial charge in [0.2, 0.25) is 0 Å². The zero-order chi connectivity index (χ0) is 13.0. The second-order valence-electron chi connectivity index (χ2n) is 3.50. The SMILES string of the molecule is O=[N+]([O-])N=C1NCOCN1Cc1ccc(Cl)nc1. The molecule has 0 bridgehead atoms. The normalized spacial score (nSPS) is 17.6. The van der Waals surface area contributed by atoms with Crippen molar-refractivity contribution < 1.29 is 9.77 Å². The second-order valence-corrected chi connectivity index (χ2v) is 3.89. The highest BCUT2D eigenvalue weighted by atomic mass is 35.5. The average Bonchev–Trinajstić information content (AvgIpc) is 2.34. The van der Waals surface area contributed by atoms with E-state index in [1.54, 1.807) is 23.2 Å². The number of nitrogens with one attached hydrogen (secondary N) is 1. The molecule has 1 aromatic rings. The van der Waals surface area contributed by atoms with Crippen molar-refractivity contribution in [3.8, 4) is 0 Å². The standard InChI is InChI=1S/C9H10ClN5O3/c10-8-2-1-7(3-11-8)4-14-6-18-5-12-9(14)13-15(16)17/h1-3H,4-6H2,(H,12,13). The molecule has 1 aliphatic heterocycles. The van der Waals surface area contributed by atoms with Crippen LogP contribution in [0.15, 0.2) is 23.4 Å². The van der Waals surface area contributed by atoms with Crippen LogP contribution in [0.3, 0.4) is 0 Å². The highest BCUT2D eigenvalue weighted by Gasteiger charge is 2.20. The van der Waals surface area contributed by atoms with Crippen molar-refractivity contribution in [2.24, 2.45) is 5.10 Å². The van der Waals surface area contributed by atoms with Crippen molar-refractivity contribution >= 4 is 17.6 Å². The van der Waals surface area contributed by atoms with Gasteiger partial charge in [0.1, 0.15) is 23.7 Å². The summed E-state index contributed by atoms with van der Waals surface area (Å²) in [5.41, 5.74) is 0.850. The molecule has 1 fully saturated rings. The quantitative estimate of drug-likeness (QED) is 0.492. The van der Waals surface area contributed by atoms with E-state index in [1.165, 1.54) is 0 Å². The molecule has 1 aromatic heterocycles. The maximum Gasteiger partial charge on any atom is 0.275 e. The van der Waals surface area contributed by atoms with E-state index in [0.29, 0.717) is 11.7 Å². The summed E-state index contributed by atoms with van der Waals surface area (Å²) in [5.74, 6) is 0.168. The van der Waals surface area contributed by atoms with Gasteiger partial charge in [-0.05, 0) is 11.6 Å². The number of halogens is 1. The fourth-order valence-corrected chi connectivity index (χ4v) is 1.57. The molecule has 0 unspecified atom stereocenters. The predicted molar refractivity (Wildman–Crippen MR) is 63.2 cm³/mol. The minimum absolute atomic E-state index is 0.168. The highest BCUT2D eigenvalue weighted by molar-refractivity contribution is 6.29. The molecule has 2 heterocycles. The van der Waals surface area contributed by atoms with Crippen LogP contribution in [-0.2, 0) is 11.3 Å². The largest absolute Gasteiger partial charge is 0.341 e. The second kappa shape index (κ2) is 5.61. The monoisotopic (exact) mass is 271 g/mol. The minimum Gasteiger partial charge on any atom is -0.341 e. The first kappa shape index (κ1) is 12.5. The molecule has 0 amide bonds. The number of hydrogen-bond donors (Lipinski definition) is 1. The molecule has 1 aliphatic rings. The molecule has 8 nitrogen and oxygen atoms in total. The Hall–Kier alpha value is -1.93. The molecule has 0 spiro atoms. The fraction of sp³-hybridized carbons (Fsp3) is 0.333. The number of pyridine rings is 1. The molecule has 1 N–H and O–H groups in total. The van der Waals surface area contributed by atoms with Crippen molar-refractivity contribution in [1.82, 2.24) is 15.2 Å². The van der Waals surface area contributed by atoms with E-state index < -0.39 is 5.03 Å². The number of hydrogen-bond acceptors (Lipinski definition) is 4. The molecule has 1 saturated heterocycles. The van der Waals surface area contributed by atoms with E-state index in [-0.39, 0.29) is 19.4 Å². The smallest absolute Gasteiger partial charge is 0.275 e. The van der Waals surface area contributed by atoms with E-state index >= 15 is 0 Å². The van der Waals surface area contributed by atoms with Gasteiger partial charge in [0.05, 0.1) is 0 Å². The maximum atomic E-state index is 10.4. The summed E-state index contributed by atoms with van der Waals surface area (Å²) in [6, 6.07) is 3.44. The van der Waals surface area contributed by atoms with Gasteiger partial charge in [0, 0.05) is 12.7 Å². The lowest BCUT2D eigenvalue weighted by molar-refractivity contribution is -0.486. The molecule has 0 atom stereocenters. The Bertz CT molecular complexity index is 464. The first-order chi connectivity index (χ1) is 8.65. The van der Waals surface area contributed by atoms with E-state index in [0.717, 1.165) is 5.56 Å². The zero-order valence-corrected chi connectivity index (χ0v) is 10.0. The third-order valence-electron chi connectivity index (χ3n) is 2.22. The Morgan fingerprint density at radius 1 is 1.67 bits per heavy atom. The summed E-state index contributed by atoms with van der Waals surface area (Å²) in [5, 5.41) is 16.0. The van der Waals surface area contributed by atoms with Crippen LogP contribution in [0, 0.1) is 10.1 Å². The van der Waals surface area contributed by atoms with Crippen molar-refractivity contribution in [3.63, 3.8) is 0 Å². The van der Waals surface area contributed by atoms with Crippen LogP contribution in [0.5, 0.6) is 0 Å². The summed E-state index contributed by atoms with van der Waals surface area (Å²) in [7, 11) is 0. The number of nitro groups is 1. The van der Waals surface area contributed by atoms with E-state index in [9.17, 15) is 10.1 Å². The Labute approximate surface area is 107 Å². The molecular formula is C9H10ClN5O3. The van der Waals surface area contributed by atoms with E-state index in [4.69, 9.17) is 16.3 Å². The van der Waals surface area contributed by atoms with Gasteiger partial charge in [0.15, 0.2) is 5.03 Å². The molecule has 0 radical (unpaired) electrons. The maximum absolute atomic E-state index is 10.4. The van der Waals surface area contributed by atoms with E-state index in [2.05, 4.69) is 15.4 Å². The predicted octanol–water partition coefficient (Wildman–Crippen LogP) is 0.619. The van der Waals surface area contributed by atoms with Gasteiger partial charge < -0.3 is 15.0 Å². The van der Waals surface area contributed by atoms with Gasteiger partial charge in [0.25, 0.3) is 5.96 Å². The van der Waals surface area contributed by atoms with Gasteiger partial charge in [-0.2, -0.15) is 0 Å². The molecular weight excluding hydrogens is 262 g/mol. The number of guanidine groups is 1. The summed E-state index contributed by atoms with van der Waals surface area (Å²) in [6.45, 7) is 0.814. The number of ether oxygens (including phenoxy) is 1.